The Morgan fingerprint density at radius 2 is 2.00 bits per heavy atom. The van der Waals surface area contributed by atoms with Gasteiger partial charge in [-0.15, -0.1) is 11.3 Å². The zero-order chi connectivity index (χ0) is 14.7. The number of nitrogens with zero attached hydrogens (tertiary/aromatic N) is 3. The predicted octanol–water partition coefficient (Wildman–Crippen LogP) is 0.422. The van der Waals surface area contributed by atoms with E-state index in [0.29, 0.717) is 25.3 Å². The topological polar surface area (TPSA) is 90.8 Å². The molecule has 20 heavy (non-hydrogen) atoms. The van der Waals surface area contributed by atoms with Crippen LogP contribution in [0.3, 0.4) is 0 Å². The van der Waals surface area contributed by atoms with Crippen LogP contribution >= 0.6 is 11.3 Å². The van der Waals surface area contributed by atoms with Crippen molar-refractivity contribution < 1.29 is 19.5 Å². The average Bonchev–Trinajstić information content (AvgIpc) is 2.87. The van der Waals surface area contributed by atoms with Crippen LogP contribution in [-0.2, 0) is 16.1 Å². The van der Waals surface area contributed by atoms with Crippen LogP contribution in [0.4, 0.5) is 0 Å². The van der Waals surface area contributed by atoms with Crippen LogP contribution in [-0.4, -0.2) is 57.3 Å². The molecule has 7 nitrogen and oxygen atoms in total. The van der Waals surface area contributed by atoms with Crippen molar-refractivity contribution in [3.63, 3.8) is 0 Å². The number of piperazine rings is 1. The lowest BCUT2D eigenvalue weighted by Gasteiger charge is -2.33. The number of carboxylic acid groups (broad SMARTS) is 1. The Hall–Kier alpha value is -1.96. The summed E-state index contributed by atoms with van der Waals surface area (Å²) in [5.74, 6) is -2.13. The highest BCUT2D eigenvalue weighted by atomic mass is 32.1. The van der Waals surface area contributed by atoms with Crippen molar-refractivity contribution in [1.29, 1.82) is 0 Å². The summed E-state index contributed by atoms with van der Waals surface area (Å²) in [5.41, 5.74) is 0.498. The summed E-state index contributed by atoms with van der Waals surface area (Å²) in [4.78, 5) is 41.4. The minimum absolute atomic E-state index is 0.0107. The van der Waals surface area contributed by atoms with E-state index in [0.717, 1.165) is 17.8 Å². The third-order valence-corrected chi connectivity index (χ3v) is 3.86. The second-order valence-corrected chi connectivity index (χ2v) is 5.33. The number of rotatable bonds is 5. The van der Waals surface area contributed by atoms with E-state index in [2.05, 4.69) is 4.98 Å². The zero-order valence-corrected chi connectivity index (χ0v) is 11.9. The van der Waals surface area contributed by atoms with E-state index in [1.165, 1.54) is 4.90 Å². The minimum atomic E-state index is -1.09. The fourth-order valence-corrected chi connectivity index (χ4v) is 2.67. The van der Waals surface area contributed by atoms with E-state index in [1.54, 1.807) is 10.3 Å². The van der Waals surface area contributed by atoms with Gasteiger partial charge in [0.1, 0.15) is 0 Å². The zero-order valence-electron chi connectivity index (χ0n) is 11.0. The molecule has 0 aromatic carbocycles. The second-order valence-electron chi connectivity index (χ2n) is 4.47. The summed E-state index contributed by atoms with van der Waals surface area (Å²) in [6.07, 6.45) is 0.813. The van der Waals surface area contributed by atoms with E-state index in [1.807, 2.05) is 6.92 Å². The van der Waals surface area contributed by atoms with Crippen molar-refractivity contribution in [3.8, 4) is 0 Å². The molecule has 1 N–H and O–H groups in total. The molecule has 1 aliphatic heterocycles. The summed E-state index contributed by atoms with van der Waals surface area (Å²) in [5, 5.41) is 10.4. The van der Waals surface area contributed by atoms with Crippen LogP contribution < -0.4 is 0 Å². The van der Waals surface area contributed by atoms with Crippen LogP contribution in [0.2, 0.25) is 0 Å². The maximum atomic E-state index is 11.9. The molecule has 2 heterocycles. The first kappa shape index (κ1) is 14.4. The highest BCUT2D eigenvalue weighted by Crippen LogP contribution is 2.14. The molecule has 0 saturated carbocycles. The van der Waals surface area contributed by atoms with Crippen molar-refractivity contribution in [2.24, 2.45) is 0 Å². The predicted molar refractivity (Wildman–Crippen MR) is 71.4 cm³/mol. The number of hydrogen-bond donors (Lipinski definition) is 1. The van der Waals surface area contributed by atoms with Crippen LogP contribution in [0.1, 0.15) is 28.8 Å². The molecular weight excluding hydrogens is 282 g/mol. The smallest absolute Gasteiger partial charge is 0.365 e. The Balaban J connectivity index is 2.01. The monoisotopic (exact) mass is 297 g/mol. The quantitative estimate of drug-likeness (QED) is 0.795. The molecule has 0 unspecified atom stereocenters. The highest BCUT2D eigenvalue weighted by Gasteiger charge is 2.32. The number of carbonyl (C=O) groups is 3. The fraction of sp³-hybridized carbons (Fsp3) is 0.500. The van der Waals surface area contributed by atoms with E-state index in [9.17, 15) is 14.4 Å². The van der Waals surface area contributed by atoms with E-state index < -0.39 is 17.8 Å². The Bertz CT molecular complexity index is 543. The molecule has 0 atom stereocenters. The Kier molecular flexibility index (Phi) is 4.33. The van der Waals surface area contributed by atoms with Crippen LogP contribution in [0.25, 0.3) is 0 Å². The maximum absolute atomic E-state index is 11.9. The highest BCUT2D eigenvalue weighted by molar-refractivity contribution is 7.11. The van der Waals surface area contributed by atoms with Gasteiger partial charge in [-0.2, -0.15) is 0 Å². The SMILES string of the molecule is CCCN1CCN(Cc2csc(C(=O)O)n2)C(=O)C1=O. The van der Waals surface area contributed by atoms with Gasteiger partial charge in [0.2, 0.25) is 5.01 Å². The van der Waals surface area contributed by atoms with Gasteiger partial charge < -0.3 is 14.9 Å². The first-order valence-electron chi connectivity index (χ1n) is 6.28. The van der Waals surface area contributed by atoms with Gasteiger partial charge in [0, 0.05) is 25.0 Å². The first-order valence-corrected chi connectivity index (χ1v) is 7.16. The van der Waals surface area contributed by atoms with Crippen molar-refractivity contribution in [1.82, 2.24) is 14.8 Å². The Labute approximate surface area is 119 Å². The molecule has 1 saturated heterocycles. The van der Waals surface area contributed by atoms with E-state index >= 15 is 0 Å². The summed E-state index contributed by atoms with van der Waals surface area (Å²) < 4.78 is 0. The number of hydrogen-bond acceptors (Lipinski definition) is 5. The molecule has 108 valence electrons. The van der Waals surface area contributed by atoms with Gasteiger partial charge in [0.15, 0.2) is 0 Å². The van der Waals surface area contributed by atoms with Crippen molar-refractivity contribution in [2.75, 3.05) is 19.6 Å². The molecule has 1 aliphatic rings. The number of amides is 2. The lowest BCUT2D eigenvalue weighted by molar-refractivity contribution is -0.156. The Morgan fingerprint density at radius 3 is 2.60 bits per heavy atom. The standard InChI is InChI=1S/C12H15N3O4S/c1-2-3-14-4-5-15(11(17)10(14)16)6-8-7-20-9(13-8)12(18)19/h7H,2-6H2,1H3,(H,18,19). The molecule has 0 bridgehead atoms. The molecule has 0 aliphatic carbocycles. The minimum Gasteiger partial charge on any atom is -0.476 e. The molecule has 1 fully saturated rings. The maximum Gasteiger partial charge on any atom is 0.365 e. The largest absolute Gasteiger partial charge is 0.476 e. The molecule has 2 rings (SSSR count). The van der Waals surface area contributed by atoms with Crippen molar-refractivity contribution >= 4 is 29.1 Å². The van der Waals surface area contributed by atoms with E-state index in [-0.39, 0.29) is 11.6 Å². The summed E-state index contributed by atoms with van der Waals surface area (Å²) in [6.45, 7) is 3.66. The third-order valence-electron chi connectivity index (χ3n) is 2.98. The molecule has 2 amide bonds. The van der Waals surface area contributed by atoms with Crippen LogP contribution in [0.5, 0.6) is 0 Å². The molecular formula is C12H15N3O4S. The van der Waals surface area contributed by atoms with Gasteiger partial charge in [0.05, 0.1) is 12.2 Å². The molecule has 0 radical (unpaired) electrons. The normalized spacial score (nSPS) is 15.8. The number of carbonyl (C=O) groups excluding carboxylic acids is 2. The number of aromatic carboxylic acids is 1. The fourth-order valence-electron chi connectivity index (χ4n) is 2.02. The number of aromatic nitrogens is 1. The van der Waals surface area contributed by atoms with Gasteiger partial charge in [-0.25, -0.2) is 9.78 Å². The van der Waals surface area contributed by atoms with Gasteiger partial charge >= 0.3 is 17.8 Å². The van der Waals surface area contributed by atoms with Gasteiger partial charge in [-0.05, 0) is 6.42 Å². The van der Waals surface area contributed by atoms with Crippen LogP contribution in [0, 0.1) is 0 Å². The number of carboxylic acids is 1. The van der Waals surface area contributed by atoms with Gasteiger partial charge in [0.25, 0.3) is 0 Å². The lowest BCUT2D eigenvalue weighted by atomic mass is 10.2. The number of thiazole rings is 1. The third kappa shape index (κ3) is 2.96. The Morgan fingerprint density at radius 1 is 1.35 bits per heavy atom. The van der Waals surface area contributed by atoms with Gasteiger partial charge in [-0.1, -0.05) is 6.92 Å². The summed E-state index contributed by atoms with van der Waals surface area (Å²) >= 11 is 1.01. The molecule has 8 heteroatoms. The van der Waals surface area contributed by atoms with Crippen molar-refractivity contribution in [3.05, 3.63) is 16.1 Å². The van der Waals surface area contributed by atoms with Gasteiger partial charge in [-0.3, -0.25) is 9.59 Å². The second kappa shape index (κ2) is 6.00. The summed E-state index contributed by atoms with van der Waals surface area (Å²) in [6, 6.07) is 0. The molecule has 0 spiro atoms. The lowest BCUT2D eigenvalue weighted by Crippen LogP contribution is -2.53. The van der Waals surface area contributed by atoms with Crippen molar-refractivity contribution in [2.45, 2.75) is 19.9 Å². The average molecular weight is 297 g/mol. The first-order chi connectivity index (χ1) is 9.52. The van der Waals surface area contributed by atoms with E-state index in [4.69, 9.17) is 5.11 Å². The molecule has 1 aromatic rings. The summed E-state index contributed by atoms with van der Waals surface area (Å²) in [7, 11) is 0. The van der Waals surface area contributed by atoms with Crippen LogP contribution in [0.15, 0.2) is 5.38 Å². The molecule has 1 aromatic heterocycles.